The van der Waals surface area contributed by atoms with Gasteiger partial charge in [-0.1, -0.05) is 6.92 Å². The van der Waals surface area contributed by atoms with Crippen LogP contribution in [-0.4, -0.2) is 20.6 Å². The first-order valence-corrected chi connectivity index (χ1v) is 7.43. The molecule has 0 spiro atoms. The molecule has 0 saturated carbocycles. The summed E-state index contributed by atoms with van der Waals surface area (Å²) in [6, 6.07) is 8.77. The van der Waals surface area contributed by atoms with Crippen molar-refractivity contribution < 1.29 is 9.90 Å². The lowest BCUT2D eigenvalue weighted by molar-refractivity contribution is 0.0697. The minimum Gasteiger partial charge on any atom is -0.478 e. The van der Waals surface area contributed by atoms with Gasteiger partial charge in [-0.05, 0) is 36.8 Å². The molecular weight excluding hydrogens is 288 g/mol. The molecule has 0 unspecified atom stereocenters. The number of aryl methyl sites for hydroxylation is 1. The molecule has 3 rings (SSSR count). The van der Waals surface area contributed by atoms with Crippen molar-refractivity contribution in [1.82, 2.24) is 9.55 Å². The Bertz CT molecular complexity index is 873. The number of carboxylic acids is 1. The van der Waals surface area contributed by atoms with Crippen LogP contribution in [0.15, 0.2) is 35.1 Å². The highest BCUT2D eigenvalue weighted by Gasteiger charge is 2.11. The molecule has 0 amide bonds. The number of thiophene rings is 1. The molecule has 0 aliphatic heterocycles. The Labute approximate surface area is 124 Å². The Hall–Kier alpha value is -2.34. The number of carbonyl (C=O) groups is 1. The van der Waals surface area contributed by atoms with Crippen molar-refractivity contribution in [3.05, 3.63) is 56.1 Å². The molecule has 0 fully saturated rings. The van der Waals surface area contributed by atoms with Gasteiger partial charge in [-0.25, -0.2) is 9.59 Å². The number of nitrogens with zero attached hydrogens (tertiary/aromatic N) is 1. The molecule has 21 heavy (non-hydrogen) atoms. The van der Waals surface area contributed by atoms with Gasteiger partial charge in [-0.2, -0.15) is 0 Å². The predicted molar refractivity (Wildman–Crippen MR) is 82.3 cm³/mol. The van der Waals surface area contributed by atoms with Gasteiger partial charge in [0.2, 0.25) is 0 Å². The van der Waals surface area contributed by atoms with Crippen LogP contribution < -0.4 is 5.69 Å². The van der Waals surface area contributed by atoms with E-state index in [-0.39, 0.29) is 11.3 Å². The van der Waals surface area contributed by atoms with Crippen molar-refractivity contribution in [3.8, 4) is 0 Å². The van der Waals surface area contributed by atoms with Gasteiger partial charge in [0.25, 0.3) is 0 Å². The number of fused-ring (bicyclic) bond motifs is 1. The van der Waals surface area contributed by atoms with Gasteiger partial charge in [-0.15, -0.1) is 11.3 Å². The fourth-order valence-electron chi connectivity index (χ4n) is 2.31. The molecule has 1 aromatic carbocycles. The molecule has 0 aliphatic carbocycles. The number of carboxylic acid groups (broad SMARTS) is 1. The Morgan fingerprint density at radius 1 is 1.29 bits per heavy atom. The van der Waals surface area contributed by atoms with Gasteiger partial charge in [0.15, 0.2) is 0 Å². The van der Waals surface area contributed by atoms with E-state index in [9.17, 15) is 9.59 Å². The van der Waals surface area contributed by atoms with Gasteiger partial charge in [0, 0.05) is 9.75 Å². The van der Waals surface area contributed by atoms with Crippen molar-refractivity contribution in [3.63, 3.8) is 0 Å². The zero-order valence-electron chi connectivity index (χ0n) is 11.4. The fraction of sp³-hybridized carbons (Fsp3) is 0.200. The number of rotatable bonds is 4. The number of aromatic nitrogens is 2. The molecule has 2 heterocycles. The van der Waals surface area contributed by atoms with Crippen molar-refractivity contribution in [2.45, 2.75) is 19.9 Å². The van der Waals surface area contributed by atoms with E-state index in [1.807, 2.05) is 6.07 Å². The summed E-state index contributed by atoms with van der Waals surface area (Å²) < 4.78 is 1.63. The van der Waals surface area contributed by atoms with Gasteiger partial charge < -0.3 is 10.1 Å². The molecule has 2 N–H and O–H groups in total. The van der Waals surface area contributed by atoms with Crippen LogP contribution in [0, 0.1) is 0 Å². The molecular formula is C15H14N2O3S. The Kier molecular flexibility index (Phi) is 3.39. The maximum Gasteiger partial charge on any atom is 0.335 e. The van der Waals surface area contributed by atoms with Gasteiger partial charge in [-0.3, -0.25) is 4.57 Å². The molecule has 6 heteroatoms. The zero-order chi connectivity index (χ0) is 15.0. The van der Waals surface area contributed by atoms with Crippen LogP contribution >= 0.6 is 11.3 Å². The highest BCUT2D eigenvalue weighted by Crippen LogP contribution is 2.20. The molecule has 0 atom stereocenters. The van der Waals surface area contributed by atoms with Crippen molar-refractivity contribution in [2.24, 2.45) is 0 Å². The third-order valence-corrected chi connectivity index (χ3v) is 4.62. The number of hydrogen-bond acceptors (Lipinski definition) is 3. The third-order valence-electron chi connectivity index (χ3n) is 3.40. The average molecular weight is 302 g/mol. The van der Waals surface area contributed by atoms with Crippen LogP contribution in [-0.2, 0) is 13.0 Å². The maximum absolute atomic E-state index is 12.1. The van der Waals surface area contributed by atoms with Crippen LogP contribution in [0.2, 0.25) is 0 Å². The summed E-state index contributed by atoms with van der Waals surface area (Å²) in [5, 5.41) is 8.99. The number of benzene rings is 1. The quantitative estimate of drug-likeness (QED) is 0.778. The largest absolute Gasteiger partial charge is 0.478 e. The van der Waals surface area contributed by atoms with Crippen LogP contribution in [0.4, 0.5) is 0 Å². The van der Waals surface area contributed by atoms with Crippen LogP contribution in [0.5, 0.6) is 0 Å². The second-order valence-electron chi connectivity index (χ2n) is 4.77. The molecule has 3 aromatic rings. The van der Waals surface area contributed by atoms with E-state index in [1.54, 1.807) is 22.0 Å². The standard InChI is InChI=1S/C15H14N2O3S/c1-2-10-4-5-11(21-10)8-17-13-6-3-9(14(18)19)7-12(13)16-15(17)20/h3-7H,2,8H2,1H3,(H,16,20)(H,18,19). The second-order valence-corrected chi connectivity index (χ2v) is 6.03. The predicted octanol–water partition coefficient (Wildman–Crippen LogP) is 2.70. The summed E-state index contributed by atoms with van der Waals surface area (Å²) >= 11 is 1.69. The molecule has 0 bridgehead atoms. The Morgan fingerprint density at radius 2 is 2.05 bits per heavy atom. The lowest BCUT2D eigenvalue weighted by Gasteiger charge is -2.01. The lowest BCUT2D eigenvalue weighted by atomic mass is 10.2. The number of H-pyrrole nitrogens is 1. The van der Waals surface area contributed by atoms with Crippen LogP contribution in [0.3, 0.4) is 0 Å². The first-order chi connectivity index (χ1) is 10.1. The Balaban J connectivity index is 2.04. The van der Waals surface area contributed by atoms with Crippen molar-refractivity contribution >= 4 is 28.3 Å². The molecule has 2 aromatic heterocycles. The van der Waals surface area contributed by atoms with E-state index < -0.39 is 5.97 Å². The molecule has 0 saturated heterocycles. The lowest BCUT2D eigenvalue weighted by Crippen LogP contribution is -2.16. The highest BCUT2D eigenvalue weighted by molar-refractivity contribution is 7.11. The summed E-state index contributed by atoms with van der Waals surface area (Å²) in [5.41, 5.74) is 1.21. The number of aromatic carboxylic acids is 1. The first kappa shape index (κ1) is 13.6. The molecule has 0 aliphatic rings. The number of imidazole rings is 1. The minimum atomic E-state index is -1.00. The third kappa shape index (κ3) is 2.50. The minimum absolute atomic E-state index is 0.167. The second kappa shape index (κ2) is 5.21. The normalized spacial score (nSPS) is 11.1. The van der Waals surface area contributed by atoms with E-state index in [4.69, 9.17) is 5.11 Å². The van der Waals surface area contributed by atoms with Crippen LogP contribution in [0.25, 0.3) is 11.0 Å². The average Bonchev–Trinajstić information content (AvgIpc) is 3.04. The smallest absolute Gasteiger partial charge is 0.335 e. The Morgan fingerprint density at radius 3 is 2.71 bits per heavy atom. The number of hydrogen-bond donors (Lipinski definition) is 2. The molecule has 5 nitrogen and oxygen atoms in total. The zero-order valence-corrected chi connectivity index (χ0v) is 12.2. The van der Waals surface area contributed by atoms with E-state index in [0.717, 1.165) is 16.8 Å². The SMILES string of the molecule is CCc1ccc(Cn2c(=O)[nH]c3cc(C(=O)O)ccc32)s1. The van der Waals surface area contributed by atoms with Crippen molar-refractivity contribution in [2.75, 3.05) is 0 Å². The highest BCUT2D eigenvalue weighted by atomic mass is 32.1. The van der Waals surface area contributed by atoms with E-state index in [2.05, 4.69) is 18.0 Å². The summed E-state index contributed by atoms with van der Waals surface area (Å²) in [5.74, 6) is -1.00. The van der Waals surface area contributed by atoms with Crippen molar-refractivity contribution in [1.29, 1.82) is 0 Å². The van der Waals surface area contributed by atoms with E-state index in [1.165, 1.54) is 17.0 Å². The van der Waals surface area contributed by atoms with Gasteiger partial charge in [0.05, 0.1) is 23.1 Å². The number of aromatic amines is 1. The van der Waals surface area contributed by atoms with E-state index in [0.29, 0.717) is 12.1 Å². The monoisotopic (exact) mass is 302 g/mol. The van der Waals surface area contributed by atoms with Crippen LogP contribution in [0.1, 0.15) is 27.0 Å². The van der Waals surface area contributed by atoms with E-state index >= 15 is 0 Å². The first-order valence-electron chi connectivity index (χ1n) is 6.62. The topological polar surface area (TPSA) is 75.1 Å². The summed E-state index contributed by atoms with van der Waals surface area (Å²) in [6.07, 6.45) is 0.982. The summed E-state index contributed by atoms with van der Waals surface area (Å²) in [4.78, 5) is 28.1. The fourth-order valence-corrected chi connectivity index (χ4v) is 3.25. The van der Waals surface area contributed by atoms with Gasteiger partial charge >= 0.3 is 11.7 Å². The number of nitrogens with one attached hydrogen (secondary N) is 1. The molecule has 108 valence electrons. The summed E-state index contributed by atoms with van der Waals surface area (Å²) in [7, 11) is 0. The van der Waals surface area contributed by atoms with Gasteiger partial charge in [0.1, 0.15) is 0 Å². The maximum atomic E-state index is 12.1. The summed E-state index contributed by atoms with van der Waals surface area (Å²) in [6.45, 7) is 2.59. The molecule has 0 radical (unpaired) electrons.